The van der Waals surface area contributed by atoms with Crippen LogP contribution in [0.5, 0.6) is 0 Å². The molecular formula is C14H9BrN2O2. The number of hydrogen-bond acceptors (Lipinski definition) is 3. The molecule has 0 spiro atoms. The number of aromatic nitrogens is 1. The maximum atomic E-state index is 12.1. The predicted molar refractivity (Wildman–Crippen MR) is 76.1 cm³/mol. The van der Waals surface area contributed by atoms with Crippen molar-refractivity contribution in [1.82, 2.24) is 4.98 Å². The quantitative estimate of drug-likeness (QED) is 0.781. The summed E-state index contributed by atoms with van der Waals surface area (Å²) in [5.41, 5.74) is 2.60. The number of carbonyl (C=O) groups is 1. The number of carbonyl (C=O) groups excluding carboxylic acids is 1. The highest BCUT2D eigenvalue weighted by atomic mass is 79.9. The van der Waals surface area contributed by atoms with Gasteiger partial charge in [0.2, 0.25) is 0 Å². The summed E-state index contributed by atoms with van der Waals surface area (Å²) in [5, 5.41) is 2.82. The molecule has 94 valence electrons. The molecule has 3 rings (SSSR count). The van der Waals surface area contributed by atoms with Crippen molar-refractivity contribution in [2.75, 3.05) is 5.32 Å². The molecule has 0 saturated carbocycles. The lowest BCUT2D eigenvalue weighted by atomic mass is 10.2. The third kappa shape index (κ3) is 2.51. The van der Waals surface area contributed by atoms with E-state index in [0.717, 1.165) is 15.7 Å². The maximum Gasteiger partial charge on any atom is 0.255 e. The Bertz CT molecular complexity index is 752. The number of nitrogens with one attached hydrogen (secondary N) is 1. The minimum atomic E-state index is -0.184. The number of amides is 1. The second-order valence-corrected chi connectivity index (χ2v) is 4.92. The van der Waals surface area contributed by atoms with Crippen LogP contribution in [0.3, 0.4) is 0 Å². The van der Waals surface area contributed by atoms with Gasteiger partial charge in [0.15, 0.2) is 12.0 Å². The second-order valence-electron chi connectivity index (χ2n) is 4.00. The summed E-state index contributed by atoms with van der Waals surface area (Å²) >= 11 is 3.36. The first kappa shape index (κ1) is 11.9. The van der Waals surface area contributed by atoms with Gasteiger partial charge >= 0.3 is 0 Å². The van der Waals surface area contributed by atoms with E-state index in [-0.39, 0.29) is 5.91 Å². The number of fused-ring (bicyclic) bond motifs is 1. The van der Waals surface area contributed by atoms with Gasteiger partial charge in [-0.2, -0.15) is 0 Å². The summed E-state index contributed by atoms with van der Waals surface area (Å²) in [6.45, 7) is 0. The molecule has 4 nitrogen and oxygen atoms in total. The molecule has 1 N–H and O–H groups in total. The highest BCUT2D eigenvalue weighted by Crippen LogP contribution is 2.18. The molecule has 0 aliphatic heterocycles. The van der Waals surface area contributed by atoms with E-state index in [1.165, 1.54) is 6.39 Å². The number of halogens is 1. The summed E-state index contributed by atoms with van der Waals surface area (Å²) in [5.74, 6) is -0.184. The molecule has 0 saturated heterocycles. The van der Waals surface area contributed by atoms with Gasteiger partial charge in [0, 0.05) is 15.7 Å². The van der Waals surface area contributed by atoms with Crippen molar-refractivity contribution in [3.63, 3.8) is 0 Å². The first-order valence-corrected chi connectivity index (χ1v) is 6.42. The number of rotatable bonds is 2. The van der Waals surface area contributed by atoms with E-state index in [0.29, 0.717) is 11.1 Å². The molecule has 1 amide bonds. The predicted octanol–water partition coefficient (Wildman–Crippen LogP) is 3.84. The Balaban J connectivity index is 1.87. The molecule has 3 aromatic rings. The Morgan fingerprint density at radius 2 is 2.11 bits per heavy atom. The van der Waals surface area contributed by atoms with Crippen LogP contribution >= 0.6 is 15.9 Å². The maximum absolute atomic E-state index is 12.1. The van der Waals surface area contributed by atoms with Gasteiger partial charge in [-0.15, -0.1) is 0 Å². The Labute approximate surface area is 117 Å². The molecule has 0 radical (unpaired) electrons. The molecule has 0 bridgehead atoms. The van der Waals surface area contributed by atoms with Crippen molar-refractivity contribution in [2.45, 2.75) is 0 Å². The summed E-state index contributed by atoms with van der Waals surface area (Å²) < 4.78 is 6.09. The molecule has 0 aliphatic rings. The zero-order valence-electron chi connectivity index (χ0n) is 9.76. The lowest BCUT2D eigenvalue weighted by Crippen LogP contribution is -2.11. The lowest BCUT2D eigenvalue weighted by molar-refractivity contribution is 0.102. The lowest BCUT2D eigenvalue weighted by Gasteiger charge is -2.05. The summed E-state index contributed by atoms with van der Waals surface area (Å²) in [4.78, 5) is 16.1. The van der Waals surface area contributed by atoms with Crippen molar-refractivity contribution in [3.05, 3.63) is 58.9 Å². The molecular weight excluding hydrogens is 308 g/mol. The van der Waals surface area contributed by atoms with Crippen molar-refractivity contribution < 1.29 is 9.21 Å². The number of nitrogens with zero attached hydrogens (tertiary/aromatic N) is 1. The van der Waals surface area contributed by atoms with Crippen LogP contribution in [0.1, 0.15) is 10.4 Å². The molecule has 0 unspecified atom stereocenters. The normalized spacial score (nSPS) is 10.6. The number of oxazole rings is 1. The fourth-order valence-electron chi connectivity index (χ4n) is 1.77. The average molecular weight is 317 g/mol. The van der Waals surface area contributed by atoms with E-state index in [1.54, 1.807) is 18.2 Å². The minimum absolute atomic E-state index is 0.184. The summed E-state index contributed by atoms with van der Waals surface area (Å²) in [7, 11) is 0. The van der Waals surface area contributed by atoms with Crippen LogP contribution in [0.4, 0.5) is 5.69 Å². The largest absolute Gasteiger partial charge is 0.443 e. The van der Waals surface area contributed by atoms with E-state index >= 15 is 0 Å². The molecule has 1 aromatic heterocycles. The highest BCUT2D eigenvalue weighted by Gasteiger charge is 2.08. The van der Waals surface area contributed by atoms with Gasteiger partial charge < -0.3 is 9.73 Å². The fraction of sp³-hybridized carbons (Fsp3) is 0. The topological polar surface area (TPSA) is 55.1 Å². The zero-order chi connectivity index (χ0) is 13.2. The minimum Gasteiger partial charge on any atom is -0.443 e. The fourth-order valence-corrected chi connectivity index (χ4v) is 2.17. The Kier molecular flexibility index (Phi) is 3.05. The number of anilines is 1. The van der Waals surface area contributed by atoms with E-state index in [1.807, 2.05) is 24.3 Å². The van der Waals surface area contributed by atoms with Crippen molar-refractivity contribution in [1.29, 1.82) is 0 Å². The van der Waals surface area contributed by atoms with Gasteiger partial charge in [0.05, 0.1) is 0 Å². The van der Waals surface area contributed by atoms with Gasteiger partial charge in [-0.3, -0.25) is 4.79 Å². The third-order valence-corrected chi connectivity index (χ3v) is 3.17. The first-order chi connectivity index (χ1) is 9.22. The Morgan fingerprint density at radius 3 is 2.95 bits per heavy atom. The summed E-state index contributed by atoms with van der Waals surface area (Å²) in [6.07, 6.45) is 1.36. The molecule has 0 aliphatic carbocycles. The first-order valence-electron chi connectivity index (χ1n) is 5.62. The zero-order valence-corrected chi connectivity index (χ0v) is 11.3. The molecule has 0 atom stereocenters. The Morgan fingerprint density at radius 1 is 1.21 bits per heavy atom. The van der Waals surface area contributed by atoms with Crippen LogP contribution in [0.25, 0.3) is 11.1 Å². The molecule has 5 heteroatoms. The average Bonchev–Trinajstić information content (AvgIpc) is 2.85. The van der Waals surface area contributed by atoms with Crippen molar-refractivity contribution in [3.8, 4) is 0 Å². The van der Waals surface area contributed by atoms with Crippen LogP contribution in [0.15, 0.2) is 57.7 Å². The van der Waals surface area contributed by atoms with Gasteiger partial charge in [0.1, 0.15) is 5.52 Å². The van der Waals surface area contributed by atoms with E-state index in [2.05, 4.69) is 26.2 Å². The van der Waals surface area contributed by atoms with Crippen LogP contribution in [0.2, 0.25) is 0 Å². The van der Waals surface area contributed by atoms with Gasteiger partial charge in [-0.25, -0.2) is 4.98 Å². The van der Waals surface area contributed by atoms with Crippen molar-refractivity contribution >= 4 is 38.6 Å². The van der Waals surface area contributed by atoms with Gasteiger partial charge in [-0.05, 0) is 36.4 Å². The van der Waals surface area contributed by atoms with E-state index in [4.69, 9.17) is 4.42 Å². The number of benzene rings is 2. The Hall–Kier alpha value is -2.14. The summed E-state index contributed by atoms with van der Waals surface area (Å²) in [6, 6.07) is 12.6. The van der Waals surface area contributed by atoms with Crippen LogP contribution < -0.4 is 5.32 Å². The van der Waals surface area contributed by atoms with Gasteiger partial charge in [0.25, 0.3) is 5.91 Å². The number of hydrogen-bond donors (Lipinski definition) is 1. The second kappa shape index (κ2) is 4.85. The monoisotopic (exact) mass is 316 g/mol. The SMILES string of the molecule is O=C(Nc1cccc(Br)c1)c1ccc2ncoc2c1. The van der Waals surface area contributed by atoms with Crippen LogP contribution in [-0.4, -0.2) is 10.9 Å². The van der Waals surface area contributed by atoms with Gasteiger partial charge in [-0.1, -0.05) is 22.0 Å². The third-order valence-electron chi connectivity index (χ3n) is 2.68. The van der Waals surface area contributed by atoms with Crippen LogP contribution in [-0.2, 0) is 0 Å². The van der Waals surface area contributed by atoms with Crippen LogP contribution in [0, 0.1) is 0 Å². The van der Waals surface area contributed by atoms with E-state index in [9.17, 15) is 4.79 Å². The molecule has 0 fully saturated rings. The highest BCUT2D eigenvalue weighted by molar-refractivity contribution is 9.10. The van der Waals surface area contributed by atoms with E-state index < -0.39 is 0 Å². The molecule has 2 aromatic carbocycles. The van der Waals surface area contributed by atoms with Crippen molar-refractivity contribution in [2.24, 2.45) is 0 Å². The molecule has 19 heavy (non-hydrogen) atoms. The standard InChI is InChI=1S/C14H9BrN2O2/c15-10-2-1-3-11(7-10)17-14(18)9-4-5-12-13(6-9)19-8-16-12/h1-8H,(H,17,18). The smallest absolute Gasteiger partial charge is 0.255 e. The molecule has 1 heterocycles.